The van der Waals surface area contributed by atoms with E-state index in [1.165, 1.54) is 23.9 Å². The van der Waals surface area contributed by atoms with Crippen LogP contribution >= 0.6 is 39.1 Å². The molecule has 11 heteroatoms. The minimum Gasteiger partial charge on any atom is -0.336 e. The first-order valence-corrected chi connectivity index (χ1v) is 11.0. The van der Waals surface area contributed by atoms with E-state index in [2.05, 4.69) is 36.6 Å². The van der Waals surface area contributed by atoms with Crippen molar-refractivity contribution in [3.8, 4) is 5.82 Å². The number of amides is 3. The van der Waals surface area contributed by atoms with Crippen LogP contribution in [0.25, 0.3) is 5.82 Å². The zero-order chi connectivity index (χ0) is 23.0. The maximum Gasteiger partial charge on any atom is 0.271 e. The van der Waals surface area contributed by atoms with Crippen molar-refractivity contribution >= 4 is 56.9 Å². The third kappa shape index (κ3) is 4.28. The van der Waals surface area contributed by atoms with E-state index >= 15 is 0 Å². The molecule has 0 spiro atoms. The summed E-state index contributed by atoms with van der Waals surface area (Å²) in [6.07, 6.45) is 1.84. The Balaban J connectivity index is 1.68. The Morgan fingerprint density at radius 3 is 2.56 bits per heavy atom. The summed E-state index contributed by atoms with van der Waals surface area (Å²) in [6.45, 7) is 1.24. The topological polar surface area (TPSA) is 106 Å². The fourth-order valence-electron chi connectivity index (χ4n) is 3.55. The monoisotopic (exact) mass is 535 g/mol. The first-order valence-electron chi connectivity index (χ1n) is 9.48. The zero-order valence-corrected chi connectivity index (χ0v) is 19.7. The molecular formula is C21H16BrCl2N5O3. The summed E-state index contributed by atoms with van der Waals surface area (Å²) in [4.78, 5) is 42.0. The minimum atomic E-state index is -1.30. The molecule has 2 N–H and O–H groups in total. The van der Waals surface area contributed by atoms with E-state index in [1.54, 1.807) is 36.4 Å². The van der Waals surface area contributed by atoms with E-state index in [1.807, 2.05) is 0 Å². The predicted octanol–water partition coefficient (Wildman–Crippen LogP) is 3.66. The molecule has 3 amide bonds. The van der Waals surface area contributed by atoms with Gasteiger partial charge in [0.2, 0.25) is 5.91 Å². The number of halogens is 3. The van der Waals surface area contributed by atoms with Crippen LogP contribution in [0.5, 0.6) is 0 Å². The van der Waals surface area contributed by atoms with Crippen LogP contribution < -0.4 is 10.6 Å². The number of hydrogen-bond acceptors (Lipinski definition) is 5. The lowest BCUT2D eigenvalue weighted by molar-refractivity contribution is -0.131. The number of aromatic nitrogens is 3. The fraction of sp³-hybridized carbons (Fsp3) is 0.190. The van der Waals surface area contributed by atoms with Gasteiger partial charge in [-0.2, -0.15) is 5.10 Å². The van der Waals surface area contributed by atoms with Gasteiger partial charge < -0.3 is 5.32 Å². The molecule has 1 aromatic carbocycles. The van der Waals surface area contributed by atoms with Gasteiger partial charge in [0.15, 0.2) is 5.82 Å². The normalized spacial score (nSPS) is 19.3. The highest BCUT2D eigenvalue weighted by Gasteiger charge is 2.62. The van der Waals surface area contributed by atoms with Gasteiger partial charge in [0.1, 0.15) is 15.8 Å². The Morgan fingerprint density at radius 2 is 1.91 bits per heavy atom. The Kier molecular flexibility index (Phi) is 6.07. The summed E-state index contributed by atoms with van der Waals surface area (Å²) < 4.78 is 1.68. The molecule has 1 aliphatic rings. The molecule has 32 heavy (non-hydrogen) atoms. The van der Waals surface area contributed by atoms with Gasteiger partial charge in [-0.25, -0.2) is 9.67 Å². The smallest absolute Gasteiger partial charge is 0.271 e. The molecule has 1 saturated carbocycles. The SMILES string of the molecule is CC(=O)NC(=O)C1(NC(=O)c2cc(Br)nn2-c2ncccc2Cl)CC1c1ccc(Cl)cc1. The molecule has 4 rings (SSSR count). The lowest BCUT2D eigenvalue weighted by Crippen LogP contribution is -2.51. The number of nitrogens with zero attached hydrogens (tertiary/aromatic N) is 3. The van der Waals surface area contributed by atoms with E-state index in [9.17, 15) is 14.4 Å². The molecule has 164 valence electrons. The van der Waals surface area contributed by atoms with Gasteiger partial charge in [0.25, 0.3) is 11.8 Å². The van der Waals surface area contributed by atoms with Gasteiger partial charge in [-0.15, -0.1) is 0 Å². The van der Waals surface area contributed by atoms with Gasteiger partial charge in [0, 0.05) is 30.1 Å². The molecule has 1 aliphatic carbocycles. The lowest BCUT2D eigenvalue weighted by Gasteiger charge is -2.19. The standard InChI is InChI=1S/C21H16BrCl2N5O3/c1-11(30)26-20(32)21(10-14(21)12-4-6-13(23)7-5-12)27-19(31)16-9-17(22)28-29(16)18-15(24)3-2-8-25-18/h2-9,14H,10H2,1H3,(H,27,31)(H,26,30,32). The van der Waals surface area contributed by atoms with Crippen LogP contribution in [0.2, 0.25) is 10.0 Å². The molecule has 8 nitrogen and oxygen atoms in total. The van der Waals surface area contributed by atoms with Crippen LogP contribution in [0.3, 0.4) is 0 Å². The number of rotatable bonds is 5. The van der Waals surface area contributed by atoms with Crippen LogP contribution in [-0.2, 0) is 9.59 Å². The summed E-state index contributed by atoms with van der Waals surface area (Å²) in [6, 6.07) is 11.8. The average Bonchev–Trinajstić information content (AvgIpc) is 3.33. The fourth-order valence-corrected chi connectivity index (χ4v) is 4.26. The Bertz CT molecular complexity index is 1230. The molecular weight excluding hydrogens is 521 g/mol. The van der Waals surface area contributed by atoms with Gasteiger partial charge in [-0.3, -0.25) is 19.7 Å². The van der Waals surface area contributed by atoms with E-state index in [4.69, 9.17) is 23.2 Å². The summed E-state index contributed by atoms with van der Waals surface area (Å²) in [5.41, 5.74) is -0.364. The third-order valence-electron chi connectivity index (χ3n) is 5.12. The van der Waals surface area contributed by atoms with Gasteiger partial charge in [0.05, 0.1) is 5.02 Å². The van der Waals surface area contributed by atoms with Crippen LogP contribution in [0.15, 0.2) is 53.3 Å². The van der Waals surface area contributed by atoms with E-state index < -0.39 is 23.3 Å². The second-order valence-electron chi connectivity index (χ2n) is 7.32. The highest BCUT2D eigenvalue weighted by Crippen LogP contribution is 2.52. The second-order valence-corrected chi connectivity index (χ2v) is 8.97. The van der Waals surface area contributed by atoms with E-state index in [0.717, 1.165) is 5.56 Å². The second kappa shape index (κ2) is 8.65. The summed E-state index contributed by atoms with van der Waals surface area (Å²) in [5, 5.41) is 10.2. The van der Waals surface area contributed by atoms with Gasteiger partial charge in [-0.1, -0.05) is 35.3 Å². The molecule has 0 saturated heterocycles. The van der Waals surface area contributed by atoms with E-state index in [-0.39, 0.29) is 17.4 Å². The number of imide groups is 1. The highest BCUT2D eigenvalue weighted by atomic mass is 79.9. The van der Waals surface area contributed by atoms with Crippen molar-refractivity contribution in [1.29, 1.82) is 0 Å². The maximum atomic E-state index is 13.3. The van der Waals surface area contributed by atoms with Crippen molar-refractivity contribution < 1.29 is 14.4 Å². The average molecular weight is 537 g/mol. The number of carbonyl (C=O) groups is 3. The molecule has 0 radical (unpaired) electrons. The first-order chi connectivity index (χ1) is 15.2. The summed E-state index contributed by atoms with van der Waals surface area (Å²) in [7, 11) is 0. The van der Waals surface area contributed by atoms with Crippen molar-refractivity contribution in [3.05, 3.63) is 74.6 Å². The molecule has 1 fully saturated rings. The van der Waals surface area contributed by atoms with Crippen LogP contribution in [-0.4, -0.2) is 38.0 Å². The number of pyridine rings is 1. The lowest BCUT2D eigenvalue weighted by atomic mass is 10.0. The Morgan fingerprint density at radius 1 is 1.19 bits per heavy atom. The van der Waals surface area contributed by atoms with Crippen molar-refractivity contribution in [2.24, 2.45) is 0 Å². The number of hydrogen-bond donors (Lipinski definition) is 2. The highest BCUT2D eigenvalue weighted by molar-refractivity contribution is 9.10. The van der Waals surface area contributed by atoms with Crippen molar-refractivity contribution in [1.82, 2.24) is 25.4 Å². The van der Waals surface area contributed by atoms with Crippen LogP contribution in [0.4, 0.5) is 0 Å². The molecule has 0 aliphatic heterocycles. The maximum absolute atomic E-state index is 13.3. The third-order valence-corrected chi connectivity index (χ3v) is 6.05. The molecule has 0 bridgehead atoms. The van der Waals surface area contributed by atoms with Gasteiger partial charge in [-0.05, 0) is 52.2 Å². The quantitative estimate of drug-likeness (QED) is 0.517. The van der Waals surface area contributed by atoms with Crippen molar-refractivity contribution in [2.45, 2.75) is 24.8 Å². The zero-order valence-electron chi connectivity index (χ0n) is 16.6. The van der Waals surface area contributed by atoms with Crippen molar-refractivity contribution in [3.63, 3.8) is 0 Å². The Labute approximate surface area is 201 Å². The molecule has 2 aromatic heterocycles. The van der Waals surface area contributed by atoms with Gasteiger partial charge >= 0.3 is 0 Å². The first kappa shape index (κ1) is 22.4. The Hall–Kier alpha value is -2.75. The van der Waals surface area contributed by atoms with Crippen molar-refractivity contribution in [2.75, 3.05) is 0 Å². The van der Waals surface area contributed by atoms with E-state index in [0.29, 0.717) is 21.1 Å². The molecule has 2 unspecified atom stereocenters. The molecule has 3 aromatic rings. The number of benzene rings is 1. The molecule has 2 heterocycles. The minimum absolute atomic E-state index is 0.120. The largest absolute Gasteiger partial charge is 0.336 e. The molecule has 2 atom stereocenters. The number of nitrogens with one attached hydrogen (secondary N) is 2. The summed E-state index contributed by atoms with van der Waals surface area (Å²) >= 11 is 15.5. The van der Waals surface area contributed by atoms with Crippen LogP contribution in [0.1, 0.15) is 35.3 Å². The van der Waals surface area contributed by atoms with Crippen LogP contribution in [0, 0.1) is 0 Å². The predicted molar refractivity (Wildman–Crippen MR) is 122 cm³/mol. The number of carbonyl (C=O) groups excluding carboxylic acids is 3. The summed E-state index contributed by atoms with van der Waals surface area (Å²) in [5.74, 6) is -1.74.